The van der Waals surface area contributed by atoms with Gasteiger partial charge >= 0.3 is 5.91 Å². The predicted molar refractivity (Wildman–Crippen MR) is 122 cm³/mol. The fourth-order valence-corrected chi connectivity index (χ4v) is 2.98. The molecule has 0 radical (unpaired) electrons. The number of carbonyl (C=O) groups is 1. The number of rotatable bonds is 10. The van der Waals surface area contributed by atoms with Crippen molar-refractivity contribution in [2.75, 3.05) is 18.4 Å². The minimum Gasteiger partial charge on any atom is -0.454 e. The van der Waals surface area contributed by atoms with Gasteiger partial charge in [0.05, 0.1) is 6.54 Å². The van der Waals surface area contributed by atoms with E-state index in [-0.39, 0.29) is 11.7 Å². The molecule has 158 valence electrons. The lowest BCUT2D eigenvalue weighted by Crippen LogP contribution is -2.43. The first-order valence-corrected chi connectivity index (χ1v) is 10.7. The second kappa shape index (κ2) is 12.2. The zero-order chi connectivity index (χ0) is 21.1. The highest BCUT2D eigenvalue weighted by Gasteiger charge is 2.14. The van der Waals surface area contributed by atoms with Gasteiger partial charge in [0.15, 0.2) is 10.9 Å². The molecule has 0 aliphatic rings. The number of hydrogen-bond acceptors (Lipinski definition) is 4. The van der Waals surface area contributed by atoms with E-state index in [1.807, 2.05) is 37.3 Å². The largest absolute Gasteiger partial charge is 0.454 e. The molecule has 6 nitrogen and oxygen atoms in total. The van der Waals surface area contributed by atoms with E-state index in [4.69, 9.17) is 16.6 Å². The molecule has 0 fully saturated rings. The molecule has 0 aliphatic heterocycles. The van der Waals surface area contributed by atoms with E-state index in [9.17, 15) is 4.79 Å². The average molecular weight is 417 g/mol. The molecular formula is C22H32N4O2S. The SMILES string of the molecule is CCCCN(CCCC)Cc1ccc(C(=O)NNC(=S)Nc2ccc(C)cc2)o1. The number of unbranched alkanes of at least 4 members (excludes halogenated alkanes) is 2. The summed E-state index contributed by atoms with van der Waals surface area (Å²) in [6, 6.07) is 11.4. The molecule has 3 N–H and O–H groups in total. The highest BCUT2D eigenvalue weighted by molar-refractivity contribution is 7.80. The Hall–Kier alpha value is -2.38. The van der Waals surface area contributed by atoms with Crippen LogP contribution in [0, 0.1) is 6.92 Å². The summed E-state index contributed by atoms with van der Waals surface area (Å²) in [5.41, 5.74) is 7.28. The predicted octanol–water partition coefficient (Wildman–Crippen LogP) is 4.62. The molecule has 1 aromatic heterocycles. The van der Waals surface area contributed by atoms with Gasteiger partial charge in [0.2, 0.25) is 0 Å². The summed E-state index contributed by atoms with van der Waals surface area (Å²) >= 11 is 5.21. The Bertz CT molecular complexity index is 765. The third kappa shape index (κ3) is 8.25. The van der Waals surface area contributed by atoms with Crippen molar-refractivity contribution in [1.29, 1.82) is 0 Å². The van der Waals surface area contributed by atoms with Crippen molar-refractivity contribution in [3.8, 4) is 0 Å². The summed E-state index contributed by atoms with van der Waals surface area (Å²) in [4.78, 5) is 14.7. The Morgan fingerprint density at radius 1 is 1.00 bits per heavy atom. The first-order chi connectivity index (χ1) is 14.0. The van der Waals surface area contributed by atoms with Gasteiger partial charge < -0.3 is 9.73 Å². The van der Waals surface area contributed by atoms with Crippen molar-refractivity contribution < 1.29 is 9.21 Å². The number of nitrogens with zero attached hydrogens (tertiary/aromatic N) is 1. The lowest BCUT2D eigenvalue weighted by Gasteiger charge is -2.20. The summed E-state index contributed by atoms with van der Waals surface area (Å²) < 4.78 is 5.74. The summed E-state index contributed by atoms with van der Waals surface area (Å²) in [5, 5.41) is 3.32. The Balaban J connectivity index is 1.82. The smallest absolute Gasteiger partial charge is 0.305 e. The van der Waals surface area contributed by atoms with E-state index in [0.717, 1.165) is 50.2 Å². The normalized spacial score (nSPS) is 10.8. The number of hydrogen-bond donors (Lipinski definition) is 3. The van der Waals surface area contributed by atoms with Crippen LogP contribution < -0.4 is 16.2 Å². The first-order valence-electron chi connectivity index (χ1n) is 10.3. The molecule has 1 amide bonds. The lowest BCUT2D eigenvalue weighted by molar-refractivity contribution is 0.0912. The standard InChI is InChI=1S/C22H32N4O2S/c1-4-6-14-26(15-7-5-2)16-19-12-13-20(28-19)21(27)24-25-22(29)23-18-10-8-17(3)9-11-18/h8-13H,4-7,14-16H2,1-3H3,(H,24,27)(H2,23,25,29). The highest BCUT2D eigenvalue weighted by atomic mass is 32.1. The molecule has 0 bridgehead atoms. The number of benzene rings is 1. The zero-order valence-corrected chi connectivity index (χ0v) is 18.4. The second-order valence-corrected chi connectivity index (χ2v) is 7.56. The number of amides is 1. The highest BCUT2D eigenvalue weighted by Crippen LogP contribution is 2.12. The van der Waals surface area contributed by atoms with Crippen LogP contribution >= 0.6 is 12.2 Å². The van der Waals surface area contributed by atoms with Crippen molar-refractivity contribution in [1.82, 2.24) is 15.8 Å². The van der Waals surface area contributed by atoms with Crippen LogP contribution in [-0.2, 0) is 6.54 Å². The van der Waals surface area contributed by atoms with Crippen LogP contribution in [-0.4, -0.2) is 29.0 Å². The summed E-state index contributed by atoms with van der Waals surface area (Å²) in [6.45, 7) is 9.20. The minimum absolute atomic E-state index is 0.261. The third-order valence-corrected chi connectivity index (χ3v) is 4.72. The van der Waals surface area contributed by atoms with Crippen molar-refractivity contribution in [2.24, 2.45) is 0 Å². The molecule has 0 saturated carbocycles. The average Bonchev–Trinajstić information content (AvgIpc) is 3.18. The molecule has 29 heavy (non-hydrogen) atoms. The lowest BCUT2D eigenvalue weighted by atomic mass is 10.2. The van der Waals surface area contributed by atoms with E-state index in [1.54, 1.807) is 6.07 Å². The maximum absolute atomic E-state index is 12.3. The molecule has 0 saturated heterocycles. The van der Waals surface area contributed by atoms with Crippen molar-refractivity contribution in [3.05, 3.63) is 53.5 Å². The van der Waals surface area contributed by atoms with E-state index >= 15 is 0 Å². The summed E-state index contributed by atoms with van der Waals surface area (Å²) in [5.74, 6) is 0.692. The molecule has 0 unspecified atom stereocenters. The van der Waals surface area contributed by atoms with Crippen LogP contribution in [0.4, 0.5) is 5.69 Å². The molecule has 0 aliphatic carbocycles. The van der Waals surface area contributed by atoms with E-state index in [0.29, 0.717) is 11.7 Å². The number of anilines is 1. The summed E-state index contributed by atoms with van der Waals surface area (Å²) in [6.07, 6.45) is 4.65. The number of nitrogens with one attached hydrogen (secondary N) is 3. The van der Waals surface area contributed by atoms with Gasteiger partial charge in [-0.1, -0.05) is 44.4 Å². The van der Waals surface area contributed by atoms with Crippen LogP contribution in [0.5, 0.6) is 0 Å². The molecule has 0 atom stereocenters. The first kappa shape index (κ1) is 22.9. The number of hydrazine groups is 1. The molecule has 2 rings (SSSR count). The molecule has 1 aromatic carbocycles. The molecule has 0 spiro atoms. The third-order valence-electron chi connectivity index (χ3n) is 4.52. The number of aryl methyl sites for hydroxylation is 1. The van der Waals surface area contributed by atoms with Crippen LogP contribution in [0.3, 0.4) is 0 Å². The molecule has 2 aromatic rings. The van der Waals surface area contributed by atoms with E-state index < -0.39 is 0 Å². The van der Waals surface area contributed by atoms with Crippen molar-refractivity contribution in [3.63, 3.8) is 0 Å². The molecule has 7 heteroatoms. The Labute approximate surface area is 179 Å². The van der Waals surface area contributed by atoms with Crippen LogP contribution in [0.2, 0.25) is 0 Å². The molecular weight excluding hydrogens is 384 g/mol. The fourth-order valence-electron chi connectivity index (χ4n) is 2.81. The maximum atomic E-state index is 12.3. The van der Waals surface area contributed by atoms with Crippen molar-refractivity contribution in [2.45, 2.75) is 53.0 Å². The Morgan fingerprint density at radius 3 is 2.28 bits per heavy atom. The molecule has 1 heterocycles. The van der Waals surface area contributed by atoms with Gasteiger partial charge in [-0.15, -0.1) is 0 Å². The summed E-state index contributed by atoms with van der Waals surface area (Å²) in [7, 11) is 0. The van der Waals surface area contributed by atoms with Crippen LogP contribution in [0.25, 0.3) is 0 Å². The quantitative estimate of drug-likeness (QED) is 0.388. The Kier molecular flexibility index (Phi) is 9.67. The topological polar surface area (TPSA) is 69.5 Å². The van der Waals surface area contributed by atoms with E-state index in [2.05, 4.69) is 34.9 Å². The second-order valence-electron chi connectivity index (χ2n) is 7.15. The van der Waals surface area contributed by atoms with Gasteiger partial charge in [-0.25, -0.2) is 0 Å². The van der Waals surface area contributed by atoms with Gasteiger partial charge in [-0.3, -0.25) is 20.5 Å². The maximum Gasteiger partial charge on any atom is 0.305 e. The minimum atomic E-state index is -0.363. The van der Waals surface area contributed by atoms with Gasteiger partial charge in [0.25, 0.3) is 0 Å². The van der Waals surface area contributed by atoms with E-state index in [1.165, 1.54) is 5.56 Å². The van der Waals surface area contributed by atoms with Crippen LogP contribution in [0.15, 0.2) is 40.8 Å². The monoisotopic (exact) mass is 416 g/mol. The van der Waals surface area contributed by atoms with Gasteiger partial charge in [0, 0.05) is 5.69 Å². The number of furan rings is 1. The number of carbonyl (C=O) groups excluding carboxylic acids is 1. The van der Waals surface area contributed by atoms with Crippen LogP contribution in [0.1, 0.15) is 61.4 Å². The fraction of sp³-hybridized carbons (Fsp3) is 0.455. The van der Waals surface area contributed by atoms with Gasteiger partial charge in [0.1, 0.15) is 5.76 Å². The van der Waals surface area contributed by atoms with Gasteiger partial charge in [-0.05, 0) is 69.3 Å². The zero-order valence-electron chi connectivity index (χ0n) is 17.6. The Morgan fingerprint density at radius 2 is 1.66 bits per heavy atom. The number of thiocarbonyl (C=S) groups is 1. The van der Waals surface area contributed by atoms with Gasteiger partial charge in [-0.2, -0.15) is 0 Å². The van der Waals surface area contributed by atoms with Crippen molar-refractivity contribution >= 4 is 28.9 Å².